The van der Waals surface area contributed by atoms with E-state index in [1.54, 1.807) is 0 Å². The molecule has 4 nitrogen and oxygen atoms in total. The summed E-state index contributed by atoms with van der Waals surface area (Å²) in [5.74, 6) is 0.333. The molecule has 0 bridgehead atoms. The highest BCUT2D eigenvalue weighted by Crippen LogP contribution is 2.19. The molecule has 3 N–H and O–H groups in total. The van der Waals surface area contributed by atoms with E-state index in [0.29, 0.717) is 12.3 Å². The number of piperidine rings is 1. The fourth-order valence-corrected chi connectivity index (χ4v) is 4.44. The summed E-state index contributed by atoms with van der Waals surface area (Å²) in [4.78, 5) is 15.6. The van der Waals surface area contributed by atoms with Crippen molar-refractivity contribution in [3.63, 3.8) is 0 Å². The lowest BCUT2D eigenvalue weighted by Crippen LogP contribution is -2.51. The van der Waals surface area contributed by atoms with Crippen molar-refractivity contribution in [1.82, 2.24) is 10.2 Å². The van der Waals surface area contributed by atoms with E-state index >= 15 is 0 Å². The van der Waals surface area contributed by atoms with Gasteiger partial charge in [0, 0.05) is 25.6 Å². The lowest BCUT2D eigenvalue weighted by Gasteiger charge is -2.36. The average Bonchev–Trinajstić information content (AvgIpc) is 2.73. The molecule has 5 heteroatoms. The summed E-state index contributed by atoms with van der Waals surface area (Å²) in [6.45, 7) is 6.04. The predicted octanol–water partition coefficient (Wildman–Crippen LogP) is 5.72. The minimum atomic E-state index is -0.0608. The monoisotopic (exact) mass is 425 g/mol. The third-order valence-corrected chi connectivity index (χ3v) is 6.59. The second kappa shape index (κ2) is 17.0. The van der Waals surface area contributed by atoms with E-state index in [4.69, 9.17) is 18.0 Å². The van der Waals surface area contributed by atoms with E-state index in [2.05, 4.69) is 24.1 Å². The van der Waals surface area contributed by atoms with Gasteiger partial charge in [0.1, 0.15) is 0 Å². The van der Waals surface area contributed by atoms with Crippen LogP contribution in [0.1, 0.15) is 117 Å². The maximum Gasteiger partial charge on any atom is 0.222 e. The fourth-order valence-electron chi connectivity index (χ4n) is 4.24. The SMILES string of the molecule is CCCCCCCCCCCCC(=O)N1CCCCC1CNC(=S)[C@@H](N)CCC. The Balaban J connectivity index is 2.19. The lowest BCUT2D eigenvalue weighted by atomic mass is 10.0. The van der Waals surface area contributed by atoms with Gasteiger partial charge in [-0.25, -0.2) is 0 Å². The number of hydrogen-bond donors (Lipinski definition) is 2. The number of amides is 1. The minimum absolute atomic E-state index is 0.0608. The van der Waals surface area contributed by atoms with Crippen molar-refractivity contribution < 1.29 is 4.79 Å². The molecule has 1 unspecified atom stereocenters. The smallest absolute Gasteiger partial charge is 0.222 e. The van der Waals surface area contributed by atoms with E-state index < -0.39 is 0 Å². The van der Waals surface area contributed by atoms with Crippen LogP contribution in [0.3, 0.4) is 0 Å². The number of hydrogen-bond acceptors (Lipinski definition) is 3. The van der Waals surface area contributed by atoms with Crippen LogP contribution >= 0.6 is 12.2 Å². The summed E-state index contributed by atoms with van der Waals surface area (Å²) in [5.41, 5.74) is 6.10. The number of nitrogens with two attached hydrogens (primary N) is 1. The highest BCUT2D eigenvalue weighted by Gasteiger charge is 2.26. The third-order valence-electron chi connectivity index (χ3n) is 6.14. The maximum atomic E-state index is 12.8. The second-order valence-electron chi connectivity index (χ2n) is 8.81. The number of unbranched alkanes of at least 4 members (excludes halogenated alkanes) is 9. The summed E-state index contributed by atoms with van der Waals surface area (Å²) in [7, 11) is 0. The molecule has 1 aliphatic rings. The summed E-state index contributed by atoms with van der Waals surface area (Å²) in [6, 6.07) is 0.209. The molecule has 1 fully saturated rings. The van der Waals surface area contributed by atoms with Crippen LogP contribution in [-0.2, 0) is 4.79 Å². The number of likely N-dealkylation sites (tertiary alicyclic amines) is 1. The van der Waals surface area contributed by atoms with Crippen molar-refractivity contribution in [3.05, 3.63) is 0 Å². The summed E-state index contributed by atoms with van der Waals surface area (Å²) >= 11 is 5.43. The van der Waals surface area contributed by atoms with E-state index in [1.807, 2.05) is 0 Å². The molecule has 2 atom stereocenters. The topological polar surface area (TPSA) is 58.4 Å². The van der Waals surface area contributed by atoms with Gasteiger partial charge in [-0.15, -0.1) is 0 Å². The van der Waals surface area contributed by atoms with E-state index in [-0.39, 0.29) is 12.1 Å². The highest BCUT2D eigenvalue weighted by molar-refractivity contribution is 7.80. The molecule has 0 aliphatic carbocycles. The number of carbonyl (C=O) groups excluding carboxylic acids is 1. The molecule has 0 aromatic heterocycles. The van der Waals surface area contributed by atoms with Crippen molar-refractivity contribution in [1.29, 1.82) is 0 Å². The van der Waals surface area contributed by atoms with Crippen molar-refractivity contribution in [2.24, 2.45) is 5.73 Å². The third kappa shape index (κ3) is 11.9. The van der Waals surface area contributed by atoms with E-state index in [9.17, 15) is 4.79 Å². The van der Waals surface area contributed by atoms with Gasteiger partial charge < -0.3 is 16.0 Å². The molecule has 1 aliphatic heterocycles. The first-order valence-electron chi connectivity index (χ1n) is 12.4. The summed E-state index contributed by atoms with van der Waals surface area (Å²) in [6.07, 6.45) is 19.1. The van der Waals surface area contributed by atoms with Gasteiger partial charge in [0.05, 0.1) is 11.0 Å². The molecule has 0 saturated carbocycles. The Kier molecular flexibility index (Phi) is 15.5. The first-order chi connectivity index (χ1) is 14.1. The highest BCUT2D eigenvalue weighted by atomic mass is 32.1. The van der Waals surface area contributed by atoms with Crippen molar-refractivity contribution in [2.45, 2.75) is 129 Å². The molecule has 29 heavy (non-hydrogen) atoms. The molecule has 1 heterocycles. The Morgan fingerprint density at radius 2 is 1.62 bits per heavy atom. The van der Waals surface area contributed by atoms with Crippen LogP contribution in [0.25, 0.3) is 0 Å². The van der Waals surface area contributed by atoms with Crippen molar-refractivity contribution in [2.75, 3.05) is 13.1 Å². The zero-order valence-corrected chi connectivity index (χ0v) is 20.0. The quantitative estimate of drug-likeness (QED) is 0.245. The Bertz CT molecular complexity index is 444. The fraction of sp³-hybridized carbons (Fsp3) is 0.917. The molecule has 170 valence electrons. The predicted molar refractivity (Wildman–Crippen MR) is 129 cm³/mol. The molecule has 0 spiro atoms. The lowest BCUT2D eigenvalue weighted by molar-refractivity contribution is -0.134. The van der Waals surface area contributed by atoms with E-state index in [0.717, 1.165) is 50.2 Å². The van der Waals surface area contributed by atoms with Crippen LogP contribution in [0.15, 0.2) is 0 Å². The van der Waals surface area contributed by atoms with Crippen molar-refractivity contribution >= 4 is 23.1 Å². The molecule has 1 amide bonds. The Labute approximate surface area is 185 Å². The molecule has 0 radical (unpaired) electrons. The Morgan fingerprint density at radius 1 is 1.00 bits per heavy atom. The largest absolute Gasteiger partial charge is 0.376 e. The zero-order valence-electron chi connectivity index (χ0n) is 19.2. The Morgan fingerprint density at radius 3 is 2.24 bits per heavy atom. The molecular weight excluding hydrogens is 378 g/mol. The van der Waals surface area contributed by atoms with Crippen LogP contribution in [-0.4, -0.2) is 41.0 Å². The van der Waals surface area contributed by atoms with Gasteiger partial charge in [-0.2, -0.15) is 0 Å². The number of thiocarbonyl (C=S) groups is 1. The van der Waals surface area contributed by atoms with Crippen LogP contribution in [0, 0.1) is 0 Å². The molecule has 0 aromatic carbocycles. The number of carbonyl (C=O) groups is 1. The van der Waals surface area contributed by atoms with Gasteiger partial charge in [-0.3, -0.25) is 4.79 Å². The second-order valence-corrected chi connectivity index (χ2v) is 9.25. The minimum Gasteiger partial charge on any atom is -0.376 e. The maximum absolute atomic E-state index is 12.8. The number of nitrogens with one attached hydrogen (secondary N) is 1. The van der Waals surface area contributed by atoms with Gasteiger partial charge in [-0.1, -0.05) is 90.3 Å². The first-order valence-corrected chi connectivity index (χ1v) is 12.8. The van der Waals surface area contributed by atoms with Crippen LogP contribution in [0.5, 0.6) is 0 Å². The van der Waals surface area contributed by atoms with E-state index in [1.165, 1.54) is 64.2 Å². The van der Waals surface area contributed by atoms with Gasteiger partial charge in [-0.05, 0) is 32.1 Å². The average molecular weight is 426 g/mol. The normalized spacial score (nSPS) is 17.9. The molecule has 1 saturated heterocycles. The van der Waals surface area contributed by atoms with Crippen LogP contribution < -0.4 is 11.1 Å². The first kappa shape index (κ1) is 26.4. The molecular formula is C24H47N3OS. The van der Waals surface area contributed by atoms with Crippen LogP contribution in [0.4, 0.5) is 0 Å². The van der Waals surface area contributed by atoms with Gasteiger partial charge >= 0.3 is 0 Å². The van der Waals surface area contributed by atoms with Gasteiger partial charge in [0.2, 0.25) is 5.91 Å². The van der Waals surface area contributed by atoms with Crippen LogP contribution in [0.2, 0.25) is 0 Å². The zero-order chi connectivity index (χ0) is 21.3. The number of rotatable bonds is 16. The van der Waals surface area contributed by atoms with Gasteiger partial charge in [0.15, 0.2) is 0 Å². The standard InChI is InChI=1S/C24H47N3OS/c1-3-5-6-7-8-9-10-11-12-13-18-23(28)27-19-15-14-17-21(27)20-26-24(29)22(25)16-4-2/h21-22H,3-20,25H2,1-2H3,(H,26,29)/t21?,22-/m0/s1. The number of nitrogens with zero attached hydrogens (tertiary/aromatic N) is 1. The summed E-state index contributed by atoms with van der Waals surface area (Å²) in [5, 5.41) is 3.34. The summed E-state index contributed by atoms with van der Waals surface area (Å²) < 4.78 is 0. The van der Waals surface area contributed by atoms with Crippen molar-refractivity contribution in [3.8, 4) is 0 Å². The Hall–Kier alpha value is -0.680. The van der Waals surface area contributed by atoms with Gasteiger partial charge in [0.25, 0.3) is 0 Å². The molecule has 1 rings (SSSR count). The molecule has 0 aromatic rings.